The Labute approximate surface area is 147 Å². The Kier molecular flexibility index (Phi) is 5.15. The summed E-state index contributed by atoms with van der Waals surface area (Å²) in [7, 11) is 0. The highest BCUT2D eigenvalue weighted by molar-refractivity contribution is 5.59. The minimum absolute atomic E-state index is 0.0626. The van der Waals surface area contributed by atoms with Gasteiger partial charge in [-0.15, -0.1) is 0 Å². The van der Waals surface area contributed by atoms with Gasteiger partial charge in [-0.05, 0) is 25.1 Å². The molecular formula is C18H23N5O2. The zero-order chi connectivity index (χ0) is 16.9. The van der Waals surface area contributed by atoms with Gasteiger partial charge >= 0.3 is 0 Å². The van der Waals surface area contributed by atoms with Crippen LogP contribution in [0.4, 0.5) is 5.82 Å². The molecular weight excluding hydrogens is 318 g/mol. The van der Waals surface area contributed by atoms with Crippen LogP contribution in [0.3, 0.4) is 0 Å². The van der Waals surface area contributed by atoms with E-state index in [1.807, 2.05) is 12.1 Å². The zero-order valence-corrected chi connectivity index (χ0v) is 14.2. The van der Waals surface area contributed by atoms with Crippen molar-refractivity contribution in [1.82, 2.24) is 20.3 Å². The SMILES string of the molecule is c1cc(-c2nc3c(c(NCC4COCCO4)n2)CCNCC3)ccn1. The lowest BCUT2D eigenvalue weighted by atomic mass is 10.1. The number of fused-ring (bicyclic) bond motifs is 1. The van der Waals surface area contributed by atoms with Crippen molar-refractivity contribution in [2.24, 2.45) is 0 Å². The summed E-state index contributed by atoms with van der Waals surface area (Å²) in [4.78, 5) is 13.7. The van der Waals surface area contributed by atoms with Crippen molar-refractivity contribution in [3.63, 3.8) is 0 Å². The molecule has 0 amide bonds. The van der Waals surface area contributed by atoms with Crippen LogP contribution in [0.1, 0.15) is 11.3 Å². The highest BCUT2D eigenvalue weighted by atomic mass is 16.6. The van der Waals surface area contributed by atoms with Crippen molar-refractivity contribution < 1.29 is 9.47 Å². The minimum atomic E-state index is 0.0626. The second kappa shape index (κ2) is 7.86. The smallest absolute Gasteiger partial charge is 0.161 e. The molecule has 4 rings (SSSR count). The summed E-state index contributed by atoms with van der Waals surface area (Å²) in [5.41, 5.74) is 3.31. The molecule has 132 valence electrons. The fraction of sp³-hybridized carbons (Fsp3) is 0.500. The predicted molar refractivity (Wildman–Crippen MR) is 94.6 cm³/mol. The van der Waals surface area contributed by atoms with Gasteiger partial charge in [0, 0.05) is 43.0 Å². The molecule has 1 saturated heterocycles. The molecule has 0 spiro atoms. The number of anilines is 1. The first-order valence-corrected chi connectivity index (χ1v) is 8.84. The summed E-state index contributed by atoms with van der Waals surface area (Å²) in [6.45, 7) is 4.53. The van der Waals surface area contributed by atoms with Crippen molar-refractivity contribution in [3.05, 3.63) is 35.8 Å². The number of hydrogen-bond donors (Lipinski definition) is 2. The molecule has 4 heterocycles. The Morgan fingerprint density at radius 1 is 1.12 bits per heavy atom. The first kappa shape index (κ1) is 16.4. The lowest BCUT2D eigenvalue weighted by Gasteiger charge is -2.24. The summed E-state index contributed by atoms with van der Waals surface area (Å²) in [6.07, 6.45) is 5.44. The van der Waals surface area contributed by atoms with Gasteiger partial charge in [0.25, 0.3) is 0 Å². The Balaban J connectivity index is 1.62. The third-order valence-corrected chi connectivity index (χ3v) is 4.50. The van der Waals surface area contributed by atoms with Gasteiger partial charge in [-0.1, -0.05) is 0 Å². The Hall–Kier alpha value is -2.09. The fourth-order valence-corrected chi connectivity index (χ4v) is 3.19. The third kappa shape index (κ3) is 3.95. The maximum Gasteiger partial charge on any atom is 0.161 e. The van der Waals surface area contributed by atoms with Gasteiger partial charge < -0.3 is 20.1 Å². The summed E-state index contributed by atoms with van der Waals surface area (Å²) >= 11 is 0. The van der Waals surface area contributed by atoms with Crippen LogP contribution in [-0.2, 0) is 22.3 Å². The highest BCUT2D eigenvalue weighted by Gasteiger charge is 2.19. The maximum absolute atomic E-state index is 5.73. The van der Waals surface area contributed by atoms with Crippen LogP contribution in [0.25, 0.3) is 11.4 Å². The van der Waals surface area contributed by atoms with E-state index in [0.717, 1.165) is 48.8 Å². The highest BCUT2D eigenvalue weighted by Crippen LogP contribution is 2.24. The summed E-state index contributed by atoms with van der Waals surface area (Å²) in [5, 5.41) is 6.92. The lowest BCUT2D eigenvalue weighted by molar-refractivity contribution is -0.0819. The normalized spacial score (nSPS) is 20.6. The number of rotatable bonds is 4. The van der Waals surface area contributed by atoms with E-state index < -0.39 is 0 Å². The summed E-state index contributed by atoms with van der Waals surface area (Å²) in [5.74, 6) is 1.65. The van der Waals surface area contributed by atoms with Crippen LogP contribution < -0.4 is 10.6 Å². The first-order chi connectivity index (χ1) is 12.4. The molecule has 2 N–H and O–H groups in total. The zero-order valence-electron chi connectivity index (χ0n) is 14.2. The summed E-state index contributed by atoms with van der Waals surface area (Å²) in [6, 6.07) is 3.89. The van der Waals surface area contributed by atoms with Gasteiger partial charge in [-0.25, -0.2) is 9.97 Å². The number of ether oxygens (including phenoxy) is 2. The van der Waals surface area contributed by atoms with Gasteiger partial charge in [0.05, 0.1) is 31.6 Å². The Morgan fingerprint density at radius 2 is 2.00 bits per heavy atom. The molecule has 0 aliphatic carbocycles. The van der Waals surface area contributed by atoms with E-state index in [4.69, 9.17) is 19.4 Å². The second-order valence-electron chi connectivity index (χ2n) is 6.26. The third-order valence-electron chi connectivity index (χ3n) is 4.50. The van der Waals surface area contributed by atoms with Gasteiger partial charge in [-0.2, -0.15) is 0 Å². The second-order valence-corrected chi connectivity index (χ2v) is 6.26. The van der Waals surface area contributed by atoms with Crippen LogP contribution >= 0.6 is 0 Å². The van der Waals surface area contributed by atoms with Gasteiger partial charge in [0.2, 0.25) is 0 Å². The average Bonchev–Trinajstić information content (AvgIpc) is 2.93. The largest absolute Gasteiger partial charge is 0.376 e. The van der Waals surface area contributed by atoms with Crippen molar-refractivity contribution in [2.75, 3.05) is 44.8 Å². The van der Waals surface area contributed by atoms with Crippen LogP contribution in [0.5, 0.6) is 0 Å². The van der Waals surface area contributed by atoms with Gasteiger partial charge in [0.1, 0.15) is 5.82 Å². The molecule has 0 saturated carbocycles. The monoisotopic (exact) mass is 341 g/mol. The van der Waals surface area contributed by atoms with Crippen molar-refractivity contribution in [3.8, 4) is 11.4 Å². The quantitative estimate of drug-likeness (QED) is 0.860. The minimum Gasteiger partial charge on any atom is -0.376 e. The Bertz CT molecular complexity index is 704. The van der Waals surface area contributed by atoms with Crippen molar-refractivity contribution in [1.29, 1.82) is 0 Å². The molecule has 0 bridgehead atoms. The molecule has 1 unspecified atom stereocenters. The predicted octanol–water partition coefficient (Wildman–Crippen LogP) is 1.05. The van der Waals surface area contributed by atoms with E-state index in [1.165, 1.54) is 5.56 Å². The molecule has 2 aromatic heterocycles. The van der Waals surface area contributed by atoms with Crippen molar-refractivity contribution >= 4 is 5.82 Å². The van der Waals surface area contributed by atoms with E-state index in [9.17, 15) is 0 Å². The van der Waals surface area contributed by atoms with Crippen LogP contribution in [0.15, 0.2) is 24.5 Å². The maximum atomic E-state index is 5.73. The molecule has 7 nitrogen and oxygen atoms in total. The number of aromatic nitrogens is 3. The fourth-order valence-electron chi connectivity index (χ4n) is 3.19. The van der Waals surface area contributed by atoms with Gasteiger partial charge in [-0.3, -0.25) is 4.98 Å². The molecule has 7 heteroatoms. The molecule has 0 aromatic carbocycles. The van der Waals surface area contributed by atoms with E-state index in [0.29, 0.717) is 26.4 Å². The molecule has 25 heavy (non-hydrogen) atoms. The van der Waals surface area contributed by atoms with E-state index in [-0.39, 0.29) is 6.10 Å². The van der Waals surface area contributed by atoms with Crippen molar-refractivity contribution in [2.45, 2.75) is 18.9 Å². The van der Waals surface area contributed by atoms with Crippen LogP contribution in [0.2, 0.25) is 0 Å². The average molecular weight is 341 g/mol. The molecule has 1 atom stereocenters. The number of nitrogens with zero attached hydrogens (tertiary/aromatic N) is 3. The molecule has 1 fully saturated rings. The van der Waals surface area contributed by atoms with Crippen LogP contribution in [0, 0.1) is 0 Å². The molecule has 2 aliphatic rings. The molecule has 2 aliphatic heterocycles. The number of nitrogens with one attached hydrogen (secondary N) is 2. The Morgan fingerprint density at radius 3 is 2.84 bits per heavy atom. The first-order valence-electron chi connectivity index (χ1n) is 8.84. The standard InChI is InChI=1S/C18H23N5O2/c1-5-19-6-2-13(1)17-22-16-4-8-20-7-3-15(16)18(23-17)21-11-14-12-24-9-10-25-14/h1-2,5-6,14,20H,3-4,7-12H2,(H,21,22,23). The molecule has 0 radical (unpaired) electrons. The molecule has 2 aromatic rings. The number of hydrogen-bond acceptors (Lipinski definition) is 7. The van der Waals surface area contributed by atoms with Crippen LogP contribution in [-0.4, -0.2) is 60.5 Å². The lowest BCUT2D eigenvalue weighted by Crippen LogP contribution is -2.34. The van der Waals surface area contributed by atoms with E-state index in [2.05, 4.69) is 15.6 Å². The topological polar surface area (TPSA) is 81.2 Å². The van der Waals surface area contributed by atoms with E-state index >= 15 is 0 Å². The number of pyridine rings is 1. The van der Waals surface area contributed by atoms with E-state index in [1.54, 1.807) is 12.4 Å². The van der Waals surface area contributed by atoms with Gasteiger partial charge in [0.15, 0.2) is 5.82 Å². The summed E-state index contributed by atoms with van der Waals surface area (Å²) < 4.78 is 11.2.